The van der Waals surface area contributed by atoms with Crippen molar-refractivity contribution < 1.29 is 9.84 Å². The van der Waals surface area contributed by atoms with Crippen molar-refractivity contribution in [2.45, 2.75) is 18.9 Å². The Hall–Kier alpha value is -2.40. The second kappa shape index (κ2) is 4.56. The summed E-state index contributed by atoms with van der Waals surface area (Å²) in [6.45, 7) is 0. The van der Waals surface area contributed by atoms with Crippen LogP contribution in [0, 0.1) is 0 Å². The van der Waals surface area contributed by atoms with E-state index in [1.54, 1.807) is 13.3 Å². The second-order valence-electron chi connectivity index (χ2n) is 5.35. The minimum atomic E-state index is -0.301. The van der Waals surface area contributed by atoms with Crippen LogP contribution in [-0.2, 0) is 12.8 Å². The van der Waals surface area contributed by atoms with E-state index in [1.807, 2.05) is 18.2 Å². The monoisotopic (exact) mass is 281 g/mol. The summed E-state index contributed by atoms with van der Waals surface area (Å²) < 4.78 is 5.49. The third-order valence-electron chi connectivity index (χ3n) is 4.03. The summed E-state index contributed by atoms with van der Waals surface area (Å²) in [6.07, 6.45) is 2.78. The molecule has 0 amide bonds. The van der Waals surface area contributed by atoms with Crippen molar-refractivity contribution >= 4 is 11.0 Å². The van der Waals surface area contributed by atoms with Crippen LogP contribution in [0.15, 0.2) is 30.5 Å². The molecule has 0 saturated carbocycles. The van der Waals surface area contributed by atoms with E-state index in [2.05, 4.69) is 21.2 Å². The molecule has 106 valence electrons. The van der Waals surface area contributed by atoms with Crippen molar-refractivity contribution in [2.24, 2.45) is 0 Å². The number of benzene rings is 1. The molecule has 1 aromatic carbocycles. The molecule has 4 rings (SSSR count). The molecule has 0 radical (unpaired) electrons. The van der Waals surface area contributed by atoms with Gasteiger partial charge in [0.2, 0.25) is 0 Å². The summed E-state index contributed by atoms with van der Waals surface area (Å²) in [6, 6.07) is 8.02. The Bertz CT molecular complexity index is 826. The maximum absolute atomic E-state index is 9.92. The van der Waals surface area contributed by atoms with Crippen molar-refractivity contribution in [3.05, 3.63) is 41.6 Å². The molecule has 5 heteroatoms. The number of H-pyrrole nitrogens is 1. The van der Waals surface area contributed by atoms with Crippen molar-refractivity contribution in [1.82, 2.24) is 15.2 Å². The number of hydrogen-bond acceptors (Lipinski definition) is 4. The van der Waals surface area contributed by atoms with Crippen LogP contribution in [0.3, 0.4) is 0 Å². The van der Waals surface area contributed by atoms with Gasteiger partial charge in [-0.2, -0.15) is 5.10 Å². The first-order valence-electron chi connectivity index (χ1n) is 6.93. The van der Waals surface area contributed by atoms with Gasteiger partial charge in [-0.1, -0.05) is 18.2 Å². The Morgan fingerprint density at radius 3 is 3.10 bits per heavy atom. The molecule has 0 spiro atoms. The highest BCUT2D eigenvalue weighted by Crippen LogP contribution is 2.37. The van der Waals surface area contributed by atoms with Crippen LogP contribution in [0.4, 0.5) is 0 Å². The fraction of sp³-hybridized carbons (Fsp3) is 0.250. The van der Waals surface area contributed by atoms with Gasteiger partial charge in [0.05, 0.1) is 24.9 Å². The molecule has 0 saturated heterocycles. The lowest BCUT2D eigenvalue weighted by Crippen LogP contribution is -2.04. The van der Waals surface area contributed by atoms with Crippen molar-refractivity contribution in [2.75, 3.05) is 7.11 Å². The predicted molar refractivity (Wildman–Crippen MR) is 79.3 cm³/mol. The number of aromatic amines is 1. The van der Waals surface area contributed by atoms with E-state index in [0.717, 1.165) is 22.3 Å². The highest BCUT2D eigenvalue weighted by Gasteiger charge is 2.24. The first-order valence-corrected chi connectivity index (χ1v) is 6.93. The standard InChI is InChI=1S/C16H15N3O2/c1-21-15-7-13-14(8-17-19-13)18-16(15)11-4-2-3-9-5-10(20)6-12(9)11/h2-4,7-8,10,20H,5-6H2,1H3,(H,17,19). The second-order valence-corrected chi connectivity index (χ2v) is 5.35. The molecule has 2 heterocycles. The zero-order chi connectivity index (χ0) is 14.4. The Morgan fingerprint density at radius 1 is 1.33 bits per heavy atom. The molecule has 5 nitrogen and oxygen atoms in total. The molecule has 0 bridgehead atoms. The fourth-order valence-corrected chi connectivity index (χ4v) is 3.06. The number of aliphatic hydroxyl groups is 1. The quantitative estimate of drug-likeness (QED) is 0.754. The number of methoxy groups -OCH3 is 1. The molecule has 2 N–H and O–H groups in total. The molecule has 21 heavy (non-hydrogen) atoms. The zero-order valence-corrected chi connectivity index (χ0v) is 11.6. The summed E-state index contributed by atoms with van der Waals surface area (Å²) in [5.74, 6) is 0.710. The van der Waals surface area contributed by atoms with Gasteiger partial charge in [-0.15, -0.1) is 0 Å². The Balaban J connectivity index is 1.96. The molecule has 3 aromatic rings. The number of ether oxygens (including phenoxy) is 1. The van der Waals surface area contributed by atoms with E-state index in [0.29, 0.717) is 18.6 Å². The van der Waals surface area contributed by atoms with Gasteiger partial charge in [0.15, 0.2) is 0 Å². The smallest absolute Gasteiger partial charge is 0.147 e. The van der Waals surface area contributed by atoms with Crippen molar-refractivity contribution in [3.8, 4) is 17.0 Å². The average Bonchev–Trinajstić information content (AvgIpc) is 3.09. The van der Waals surface area contributed by atoms with E-state index in [-0.39, 0.29) is 6.10 Å². The van der Waals surface area contributed by atoms with E-state index in [9.17, 15) is 5.11 Å². The predicted octanol–water partition coefficient (Wildman–Crippen LogP) is 2.09. The largest absolute Gasteiger partial charge is 0.494 e. The van der Waals surface area contributed by atoms with Gasteiger partial charge >= 0.3 is 0 Å². The third-order valence-corrected chi connectivity index (χ3v) is 4.03. The Labute approximate surface area is 121 Å². The summed E-state index contributed by atoms with van der Waals surface area (Å²) in [7, 11) is 1.64. The highest BCUT2D eigenvalue weighted by atomic mass is 16.5. The molecular formula is C16H15N3O2. The molecule has 2 aromatic heterocycles. The van der Waals surface area contributed by atoms with Gasteiger partial charge in [0.1, 0.15) is 17.0 Å². The van der Waals surface area contributed by atoms with E-state index in [1.165, 1.54) is 11.1 Å². The number of aromatic nitrogens is 3. The number of nitrogens with one attached hydrogen (secondary N) is 1. The number of fused-ring (bicyclic) bond motifs is 2. The molecule has 1 aliphatic rings. The van der Waals surface area contributed by atoms with Crippen LogP contribution in [0.5, 0.6) is 5.75 Å². The minimum Gasteiger partial charge on any atom is -0.494 e. The van der Waals surface area contributed by atoms with Crippen molar-refractivity contribution in [3.63, 3.8) is 0 Å². The van der Waals surface area contributed by atoms with Gasteiger partial charge in [0.25, 0.3) is 0 Å². The molecule has 1 atom stereocenters. The lowest BCUT2D eigenvalue weighted by atomic mass is 9.99. The minimum absolute atomic E-state index is 0.301. The summed E-state index contributed by atoms with van der Waals surface area (Å²) in [4.78, 5) is 4.68. The van der Waals surface area contributed by atoms with E-state index in [4.69, 9.17) is 4.74 Å². The number of rotatable bonds is 2. The highest BCUT2D eigenvalue weighted by molar-refractivity contribution is 5.83. The topological polar surface area (TPSA) is 71.0 Å². The average molecular weight is 281 g/mol. The first-order chi connectivity index (χ1) is 10.3. The normalized spacial score (nSPS) is 17.1. The van der Waals surface area contributed by atoms with Crippen LogP contribution in [0.2, 0.25) is 0 Å². The number of hydrogen-bond donors (Lipinski definition) is 2. The Kier molecular flexibility index (Phi) is 2.68. The number of aliphatic hydroxyl groups excluding tert-OH is 1. The van der Waals surface area contributed by atoms with Gasteiger partial charge in [-0.05, 0) is 24.0 Å². The summed E-state index contributed by atoms with van der Waals surface area (Å²) >= 11 is 0. The lowest BCUT2D eigenvalue weighted by Gasteiger charge is -2.12. The van der Waals surface area contributed by atoms with Crippen LogP contribution in [0.25, 0.3) is 22.3 Å². The van der Waals surface area contributed by atoms with Crippen LogP contribution in [-0.4, -0.2) is 33.5 Å². The van der Waals surface area contributed by atoms with Crippen LogP contribution in [0.1, 0.15) is 11.1 Å². The molecule has 1 unspecified atom stereocenters. The molecule has 0 fully saturated rings. The third kappa shape index (κ3) is 1.89. The molecule has 1 aliphatic carbocycles. The van der Waals surface area contributed by atoms with Crippen molar-refractivity contribution in [1.29, 1.82) is 0 Å². The van der Waals surface area contributed by atoms with Crippen LogP contribution < -0.4 is 4.74 Å². The van der Waals surface area contributed by atoms with Gasteiger partial charge < -0.3 is 9.84 Å². The molecular weight excluding hydrogens is 266 g/mol. The lowest BCUT2D eigenvalue weighted by molar-refractivity contribution is 0.187. The van der Waals surface area contributed by atoms with Gasteiger partial charge in [0, 0.05) is 11.6 Å². The fourth-order valence-electron chi connectivity index (χ4n) is 3.06. The van der Waals surface area contributed by atoms with E-state index >= 15 is 0 Å². The maximum atomic E-state index is 9.92. The maximum Gasteiger partial charge on any atom is 0.147 e. The SMILES string of the molecule is COc1cc2[nH]ncc2nc1-c1cccc2c1CC(O)C2. The van der Waals surface area contributed by atoms with Gasteiger partial charge in [-0.25, -0.2) is 4.98 Å². The number of nitrogens with zero attached hydrogens (tertiary/aromatic N) is 2. The molecule has 0 aliphatic heterocycles. The summed E-state index contributed by atoms with van der Waals surface area (Å²) in [5, 5.41) is 16.8. The Morgan fingerprint density at radius 2 is 2.24 bits per heavy atom. The summed E-state index contributed by atoms with van der Waals surface area (Å²) in [5.41, 5.74) is 5.85. The van der Waals surface area contributed by atoms with Gasteiger partial charge in [-0.3, -0.25) is 5.10 Å². The zero-order valence-electron chi connectivity index (χ0n) is 11.6. The first kappa shape index (κ1) is 12.3. The van der Waals surface area contributed by atoms with Crippen LogP contribution >= 0.6 is 0 Å². The number of pyridine rings is 1. The van der Waals surface area contributed by atoms with E-state index < -0.39 is 0 Å².